The molecule has 41 heavy (non-hydrogen) atoms. The second-order valence-corrected chi connectivity index (χ2v) is 10.6. The largest absolute Gasteiger partial charge is 0.384 e. The van der Waals surface area contributed by atoms with E-state index >= 15 is 0 Å². The van der Waals surface area contributed by atoms with Gasteiger partial charge in [0.05, 0.1) is 19.1 Å². The van der Waals surface area contributed by atoms with Gasteiger partial charge in [-0.05, 0) is 31.2 Å². The highest BCUT2D eigenvalue weighted by Gasteiger charge is 2.29. The van der Waals surface area contributed by atoms with Crippen LogP contribution >= 0.6 is 0 Å². The first-order valence-electron chi connectivity index (χ1n) is 14.3. The summed E-state index contributed by atoms with van der Waals surface area (Å²) in [6, 6.07) is 8.13. The predicted molar refractivity (Wildman–Crippen MR) is 152 cm³/mol. The molecular formula is C29H43N7O5. The predicted octanol–water partition coefficient (Wildman–Crippen LogP) is 1.29. The van der Waals surface area contributed by atoms with Crippen LogP contribution in [0.3, 0.4) is 0 Å². The third-order valence-electron chi connectivity index (χ3n) is 6.91. The SMILES string of the molecule is COCCC(=O)N1CCCNC(=O)Cn2nc(C)nc2[C@H](C(C)C)NC(=O)[C@@H](Cc2ccccc2)NC(=O)CCC1. The van der Waals surface area contributed by atoms with Crippen molar-refractivity contribution in [2.75, 3.05) is 33.4 Å². The quantitative estimate of drug-likeness (QED) is 0.475. The molecule has 0 radical (unpaired) electrons. The van der Waals surface area contributed by atoms with Crippen LogP contribution in [0.25, 0.3) is 0 Å². The van der Waals surface area contributed by atoms with E-state index < -0.39 is 12.1 Å². The fourth-order valence-corrected chi connectivity index (χ4v) is 4.76. The van der Waals surface area contributed by atoms with Crippen LogP contribution in [0.15, 0.2) is 30.3 Å². The summed E-state index contributed by atoms with van der Waals surface area (Å²) in [6.07, 6.45) is 1.70. The van der Waals surface area contributed by atoms with Gasteiger partial charge < -0.3 is 25.6 Å². The monoisotopic (exact) mass is 569 g/mol. The Hall–Kier alpha value is -3.80. The number of carbonyl (C=O) groups is 4. The molecule has 12 heteroatoms. The average Bonchev–Trinajstić information content (AvgIpc) is 3.29. The lowest BCUT2D eigenvalue weighted by atomic mass is 10.0. The van der Waals surface area contributed by atoms with Crippen molar-refractivity contribution in [3.63, 3.8) is 0 Å². The maximum absolute atomic E-state index is 13.7. The van der Waals surface area contributed by atoms with Crippen molar-refractivity contribution in [2.45, 2.75) is 71.5 Å². The van der Waals surface area contributed by atoms with Crippen LogP contribution in [0, 0.1) is 12.8 Å². The lowest BCUT2D eigenvalue weighted by molar-refractivity contribution is -0.133. The third kappa shape index (κ3) is 9.96. The standard InChI is InChI=1S/C29H43N7O5/c1-20(2)27-28-31-21(3)34-36(28)19-25(38)30-14-9-16-35(26(39)13-17-41-4)15-8-12-24(37)32-23(29(40)33-27)18-22-10-6-5-7-11-22/h5-7,10-11,20,23,27H,8-9,12-19H2,1-4H3,(H,30,38)(H,32,37)(H,33,40)/t23-,27+/m1/s1. The van der Waals surface area contributed by atoms with E-state index in [2.05, 4.69) is 26.0 Å². The van der Waals surface area contributed by atoms with E-state index in [1.165, 1.54) is 4.68 Å². The summed E-state index contributed by atoms with van der Waals surface area (Å²) in [5.74, 6) is -0.0346. The third-order valence-corrected chi connectivity index (χ3v) is 6.91. The summed E-state index contributed by atoms with van der Waals surface area (Å²) < 4.78 is 6.57. The Kier molecular flexibility index (Phi) is 12.3. The van der Waals surface area contributed by atoms with E-state index in [0.717, 1.165) is 5.56 Å². The molecule has 2 heterocycles. The average molecular weight is 570 g/mol. The van der Waals surface area contributed by atoms with Gasteiger partial charge in [0.15, 0.2) is 5.82 Å². The molecule has 1 aromatic heterocycles. The Balaban J connectivity index is 1.88. The van der Waals surface area contributed by atoms with E-state index in [0.29, 0.717) is 57.2 Å². The first kappa shape index (κ1) is 31.7. The highest BCUT2D eigenvalue weighted by molar-refractivity contribution is 5.88. The molecule has 224 valence electrons. The number of ether oxygens (including phenoxy) is 1. The van der Waals surface area contributed by atoms with E-state index in [-0.39, 0.29) is 48.9 Å². The first-order chi connectivity index (χ1) is 19.7. The maximum atomic E-state index is 13.7. The van der Waals surface area contributed by atoms with Crippen LogP contribution in [0.2, 0.25) is 0 Å². The smallest absolute Gasteiger partial charge is 0.243 e. The van der Waals surface area contributed by atoms with Gasteiger partial charge in [0, 0.05) is 39.6 Å². The number of nitrogens with zero attached hydrogens (tertiary/aromatic N) is 4. The van der Waals surface area contributed by atoms with Crippen LogP contribution in [-0.2, 0) is 36.9 Å². The number of fused-ring (bicyclic) bond motifs is 1. The van der Waals surface area contributed by atoms with Crippen LogP contribution in [-0.4, -0.2) is 82.7 Å². The Bertz CT molecular complexity index is 1170. The van der Waals surface area contributed by atoms with Crippen molar-refractivity contribution < 1.29 is 23.9 Å². The summed E-state index contributed by atoms with van der Waals surface area (Å²) in [5, 5.41) is 13.3. The van der Waals surface area contributed by atoms with Gasteiger partial charge in [-0.3, -0.25) is 19.2 Å². The summed E-state index contributed by atoms with van der Waals surface area (Å²) in [4.78, 5) is 58.5. The molecule has 0 bridgehead atoms. The van der Waals surface area contributed by atoms with Crippen molar-refractivity contribution in [1.29, 1.82) is 0 Å². The molecule has 4 amide bonds. The van der Waals surface area contributed by atoms with Gasteiger partial charge in [0.2, 0.25) is 23.6 Å². The molecule has 1 aliphatic heterocycles. The highest BCUT2D eigenvalue weighted by Crippen LogP contribution is 2.21. The topological polar surface area (TPSA) is 148 Å². The zero-order valence-electron chi connectivity index (χ0n) is 24.5. The Labute approximate surface area is 241 Å². The first-order valence-corrected chi connectivity index (χ1v) is 14.3. The number of carbonyl (C=O) groups excluding carboxylic acids is 4. The fourth-order valence-electron chi connectivity index (χ4n) is 4.76. The number of amides is 4. The summed E-state index contributed by atoms with van der Waals surface area (Å²) in [7, 11) is 1.54. The van der Waals surface area contributed by atoms with Crippen molar-refractivity contribution in [3.8, 4) is 0 Å². The number of benzene rings is 1. The van der Waals surface area contributed by atoms with Gasteiger partial charge in [-0.2, -0.15) is 5.10 Å². The molecule has 12 nitrogen and oxygen atoms in total. The van der Waals surface area contributed by atoms with E-state index in [1.54, 1.807) is 18.9 Å². The van der Waals surface area contributed by atoms with E-state index in [1.807, 2.05) is 44.2 Å². The van der Waals surface area contributed by atoms with Gasteiger partial charge >= 0.3 is 0 Å². The zero-order valence-corrected chi connectivity index (χ0v) is 24.5. The number of aryl methyl sites for hydroxylation is 1. The van der Waals surface area contributed by atoms with E-state index in [9.17, 15) is 19.2 Å². The molecule has 0 saturated carbocycles. The number of methoxy groups -OCH3 is 1. The Morgan fingerprint density at radius 3 is 2.51 bits per heavy atom. The molecule has 0 spiro atoms. The maximum Gasteiger partial charge on any atom is 0.243 e. The molecule has 2 atom stereocenters. The number of rotatable bonds is 6. The minimum Gasteiger partial charge on any atom is -0.384 e. The molecule has 0 saturated heterocycles. The number of aromatic nitrogens is 3. The van der Waals surface area contributed by atoms with Crippen molar-refractivity contribution in [2.24, 2.45) is 5.92 Å². The molecule has 3 N–H and O–H groups in total. The van der Waals surface area contributed by atoms with Crippen LogP contribution in [0.1, 0.15) is 62.8 Å². The van der Waals surface area contributed by atoms with Crippen molar-refractivity contribution in [3.05, 3.63) is 47.5 Å². The summed E-state index contributed by atoms with van der Waals surface area (Å²) in [6.45, 7) is 7.09. The lowest BCUT2D eigenvalue weighted by Gasteiger charge is -2.26. The van der Waals surface area contributed by atoms with E-state index in [4.69, 9.17) is 4.74 Å². The Morgan fingerprint density at radius 1 is 1.07 bits per heavy atom. The summed E-state index contributed by atoms with van der Waals surface area (Å²) >= 11 is 0. The van der Waals surface area contributed by atoms with Gasteiger partial charge in [-0.25, -0.2) is 9.67 Å². The van der Waals surface area contributed by atoms with Gasteiger partial charge in [0.1, 0.15) is 18.4 Å². The molecule has 0 unspecified atom stereocenters. The second-order valence-electron chi connectivity index (χ2n) is 10.6. The molecule has 1 aliphatic rings. The minimum absolute atomic E-state index is 0.0596. The van der Waals surface area contributed by atoms with Crippen LogP contribution < -0.4 is 16.0 Å². The van der Waals surface area contributed by atoms with Gasteiger partial charge in [0.25, 0.3) is 0 Å². The molecule has 0 fully saturated rings. The van der Waals surface area contributed by atoms with Crippen molar-refractivity contribution in [1.82, 2.24) is 35.6 Å². The highest BCUT2D eigenvalue weighted by atomic mass is 16.5. The lowest BCUT2D eigenvalue weighted by Crippen LogP contribution is -2.50. The number of nitrogens with one attached hydrogen (secondary N) is 3. The molecule has 0 aliphatic carbocycles. The van der Waals surface area contributed by atoms with Gasteiger partial charge in [-0.15, -0.1) is 0 Å². The normalized spacial score (nSPS) is 19.9. The second kappa shape index (κ2) is 15.8. The number of hydrogen-bond acceptors (Lipinski definition) is 7. The molecular weight excluding hydrogens is 526 g/mol. The number of hydrogen-bond donors (Lipinski definition) is 3. The zero-order chi connectivity index (χ0) is 29.8. The molecule has 1 aromatic carbocycles. The van der Waals surface area contributed by atoms with Crippen molar-refractivity contribution >= 4 is 23.6 Å². The Morgan fingerprint density at radius 2 is 1.80 bits per heavy atom. The molecule has 2 aromatic rings. The fraction of sp³-hybridized carbons (Fsp3) is 0.586. The minimum atomic E-state index is -0.828. The molecule has 3 rings (SSSR count). The van der Waals surface area contributed by atoms with Crippen LogP contribution in [0.4, 0.5) is 0 Å². The summed E-state index contributed by atoms with van der Waals surface area (Å²) in [5.41, 5.74) is 0.904. The van der Waals surface area contributed by atoms with Gasteiger partial charge in [-0.1, -0.05) is 44.2 Å². The van der Waals surface area contributed by atoms with Crippen LogP contribution in [0.5, 0.6) is 0 Å².